The van der Waals surface area contributed by atoms with E-state index in [4.69, 9.17) is 28.4 Å². The Hall–Kier alpha value is -2.51. The number of aliphatic hydroxyl groups is 11. The van der Waals surface area contributed by atoms with Crippen LogP contribution < -0.4 is 5.32 Å². The Labute approximate surface area is 560 Å². The summed E-state index contributed by atoms with van der Waals surface area (Å²) in [5.74, 6) is -0.241. The average molecular weight is 1320 g/mol. The van der Waals surface area contributed by atoms with E-state index in [0.29, 0.717) is 12.8 Å². The molecule has 3 fully saturated rings. The molecule has 17 unspecified atom stereocenters. The molecule has 0 aromatic rings. The van der Waals surface area contributed by atoms with E-state index in [-0.39, 0.29) is 18.9 Å². The van der Waals surface area contributed by atoms with Gasteiger partial charge in [0.05, 0.1) is 38.6 Å². The van der Waals surface area contributed by atoms with E-state index in [2.05, 4.69) is 79.9 Å². The summed E-state index contributed by atoms with van der Waals surface area (Å²) in [6.07, 6.45) is 41.8. The van der Waals surface area contributed by atoms with Crippen LogP contribution in [0.5, 0.6) is 0 Å². The van der Waals surface area contributed by atoms with Crippen molar-refractivity contribution in [2.75, 3.05) is 26.4 Å². The molecule has 3 heterocycles. The van der Waals surface area contributed by atoms with E-state index < -0.39 is 124 Å². The number of carbonyl (C=O) groups excluding carboxylic acids is 1. The summed E-state index contributed by atoms with van der Waals surface area (Å²) in [7, 11) is 0. The number of aliphatic hydroxyl groups excluding tert-OH is 11. The van der Waals surface area contributed by atoms with Gasteiger partial charge in [0.1, 0.15) is 73.2 Å². The van der Waals surface area contributed by atoms with Gasteiger partial charge in [-0.2, -0.15) is 0 Å². The highest BCUT2D eigenvalue weighted by Gasteiger charge is 2.53. The van der Waals surface area contributed by atoms with Gasteiger partial charge < -0.3 is 89.9 Å². The summed E-state index contributed by atoms with van der Waals surface area (Å²) in [6, 6.07) is -0.887. The van der Waals surface area contributed by atoms with Gasteiger partial charge in [-0.25, -0.2) is 0 Å². The Morgan fingerprint density at radius 2 is 0.742 bits per heavy atom. The number of amides is 1. The predicted octanol–water partition coefficient (Wildman–Crippen LogP) is 10.7. The molecule has 0 aromatic carbocycles. The van der Waals surface area contributed by atoms with Crippen molar-refractivity contribution in [1.29, 1.82) is 0 Å². The highest BCUT2D eigenvalue weighted by atomic mass is 16.8. The molecule has 12 N–H and O–H groups in total. The lowest BCUT2D eigenvalue weighted by atomic mass is 9.96. The summed E-state index contributed by atoms with van der Waals surface area (Å²) in [6.45, 7) is 1.69. The highest BCUT2D eigenvalue weighted by molar-refractivity contribution is 5.76. The van der Waals surface area contributed by atoms with Gasteiger partial charge in [0.2, 0.25) is 5.91 Å². The number of rotatable bonds is 57. The van der Waals surface area contributed by atoms with Crippen LogP contribution in [0.25, 0.3) is 0 Å². The maximum Gasteiger partial charge on any atom is 0.220 e. The number of unbranched alkanes of at least 4 members (excludes halogenated alkanes) is 31. The molecule has 1 amide bonds. The second-order valence-electron chi connectivity index (χ2n) is 26.4. The minimum absolute atomic E-state index is 0.241. The van der Waals surface area contributed by atoms with Crippen molar-refractivity contribution in [3.8, 4) is 0 Å². The van der Waals surface area contributed by atoms with Crippen LogP contribution in [0.4, 0.5) is 0 Å². The van der Waals surface area contributed by atoms with Crippen LogP contribution in [-0.4, -0.2) is 193 Å². The first-order valence-electron chi connectivity index (χ1n) is 37.0. The van der Waals surface area contributed by atoms with Gasteiger partial charge in [-0.3, -0.25) is 4.79 Å². The van der Waals surface area contributed by atoms with Crippen molar-refractivity contribution < 1.29 is 89.4 Å². The largest absolute Gasteiger partial charge is 0.394 e. The summed E-state index contributed by atoms with van der Waals surface area (Å²) in [5, 5.41) is 121. The number of ether oxygens (including phenoxy) is 6. The van der Waals surface area contributed by atoms with Gasteiger partial charge >= 0.3 is 0 Å². The summed E-state index contributed by atoms with van der Waals surface area (Å²) in [4.78, 5) is 13.4. The molecule has 0 spiro atoms. The summed E-state index contributed by atoms with van der Waals surface area (Å²) < 4.78 is 34.4. The number of hydrogen-bond acceptors (Lipinski definition) is 18. The molecule has 0 bridgehead atoms. The first-order chi connectivity index (χ1) is 45.3. The monoisotopic (exact) mass is 1320 g/mol. The standard InChI is InChI=1S/C74H133NO18/c1-3-5-7-9-11-13-15-17-18-19-20-21-22-23-24-25-26-27-28-29-30-31-32-33-34-35-36-37-38-40-42-44-46-48-50-52-62(80)75-57(58(79)51-49-47-45-43-41-39-16-14-12-10-8-6-4-2)56-88-72-68(86)65(83)70(60(54-77)90-72)93-74-69(87)66(84)71(61(55-78)91-74)92-73-67(85)64(82)63(81)59(53-76)89-73/h5,7,11,13,17-18,20-21,23-24,57-61,63-74,76-79,81-87H,3-4,6,8-10,12,14-16,19,22,25-56H2,1-2H3,(H,75,80)/b7-5-,13-11-,18-17-,21-20-,24-23-. The third-order valence-electron chi connectivity index (χ3n) is 18.4. The van der Waals surface area contributed by atoms with Crippen LogP contribution in [0, 0.1) is 0 Å². The second-order valence-corrected chi connectivity index (χ2v) is 26.4. The fraction of sp³-hybridized carbons (Fsp3) is 0.851. The van der Waals surface area contributed by atoms with Crippen molar-refractivity contribution >= 4 is 5.91 Å². The number of carbonyl (C=O) groups is 1. The van der Waals surface area contributed by atoms with E-state index in [9.17, 15) is 61.0 Å². The van der Waals surface area contributed by atoms with Gasteiger partial charge in [-0.05, 0) is 57.8 Å². The van der Waals surface area contributed by atoms with Gasteiger partial charge in [0, 0.05) is 6.42 Å². The fourth-order valence-corrected chi connectivity index (χ4v) is 12.4. The van der Waals surface area contributed by atoms with E-state index >= 15 is 0 Å². The fourth-order valence-electron chi connectivity index (χ4n) is 12.4. The average Bonchev–Trinajstić information content (AvgIpc) is 0.842. The lowest BCUT2D eigenvalue weighted by Crippen LogP contribution is -2.66. The van der Waals surface area contributed by atoms with Gasteiger partial charge in [0.15, 0.2) is 18.9 Å². The first kappa shape index (κ1) is 84.7. The van der Waals surface area contributed by atoms with E-state index in [1.807, 2.05) is 0 Å². The third kappa shape index (κ3) is 36.8. The van der Waals surface area contributed by atoms with E-state index in [1.54, 1.807) is 0 Å². The molecule has 19 heteroatoms. The number of allylic oxidation sites excluding steroid dienone is 10. The molecule has 3 aliphatic rings. The van der Waals surface area contributed by atoms with Crippen molar-refractivity contribution in [2.45, 2.75) is 375 Å². The van der Waals surface area contributed by atoms with Crippen molar-refractivity contribution in [3.05, 3.63) is 60.8 Å². The minimum atomic E-state index is -1.97. The third-order valence-corrected chi connectivity index (χ3v) is 18.4. The van der Waals surface area contributed by atoms with Gasteiger partial charge in [-0.1, -0.05) is 267 Å². The molecule has 0 aromatic heterocycles. The van der Waals surface area contributed by atoms with Crippen LogP contribution in [-0.2, 0) is 33.2 Å². The lowest BCUT2D eigenvalue weighted by Gasteiger charge is -2.48. The Morgan fingerprint density at radius 3 is 1.16 bits per heavy atom. The maximum absolute atomic E-state index is 13.4. The van der Waals surface area contributed by atoms with Crippen molar-refractivity contribution in [2.24, 2.45) is 0 Å². The minimum Gasteiger partial charge on any atom is -0.394 e. The Morgan fingerprint density at radius 1 is 0.398 bits per heavy atom. The smallest absolute Gasteiger partial charge is 0.220 e. The summed E-state index contributed by atoms with van der Waals surface area (Å²) in [5.41, 5.74) is 0. The van der Waals surface area contributed by atoms with Crippen LogP contribution in [0.3, 0.4) is 0 Å². The zero-order chi connectivity index (χ0) is 67.5. The zero-order valence-corrected chi connectivity index (χ0v) is 57.5. The van der Waals surface area contributed by atoms with Crippen molar-refractivity contribution in [1.82, 2.24) is 5.32 Å². The molecule has 0 radical (unpaired) electrons. The molecule has 0 saturated carbocycles. The Kier molecular flexibility index (Phi) is 50.4. The second kappa shape index (κ2) is 55.4. The molecule has 19 nitrogen and oxygen atoms in total. The van der Waals surface area contributed by atoms with Crippen LogP contribution in [0.2, 0.25) is 0 Å². The topological polar surface area (TPSA) is 307 Å². The summed E-state index contributed by atoms with van der Waals surface area (Å²) >= 11 is 0. The quantitative estimate of drug-likeness (QED) is 0.0199. The molecule has 3 saturated heterocycles. The Balaban J connectivity index is 1.32. The molecule has 3 aliphatic heterocycles. The molecule has 93 heavy (non-hydrogen) atoms. The number of hydrogen-bond donors (Lipinski definition) is 12. The Bertz CT molecular complexity index is 1920. The molecule has 3 rings (SSSR count). The van der Waals surface area contributed by atoms with Crippen LogP contribution >= 0.6 is 0 Å². The lowest BCUT2D eigenvalue weighted by molar-refractivity contribution is -0.379. The molecular weight excluding hydrogens is 1190 g/mol. The molecular formula is C74H133NO18. The van der Waals surface area contributed by atoms with Crippen molar-refractivity contribution in [3.63, 3.8) is 0 Å². The molecule has 0 aliphatic carbocycles. The van der Waals surface area contributed by atoms with Gasteiger partial charge in [0.25, 0.3) is 0 Å². The van der Waals surface area contributed by atoms with Gasteiger partial charge in [-0.15, -0.1) is 0 Å². The SMILES string of the molecule is CC/C=C\C/C=C\C/C=C\C/C=C\C/C=C\CCCCCCCCCCCCCCCCCCCCCC(=O)NC(COC1OC(CO)C(OC2OC(CO)C(OC3OC(CO)C(O)C(O)C3O)C(O)C2O)C(O)C1O)C(O)CCCCCCCCCCCCCCC. The zero-order valence-electron chi connectivity index (χ0n) is 57.5. The predicted molar refractivity (Wildman–Crippen MR) is 365 cm³/mol. The normalized spacial score (nSPS) is 27.9. The number of nitrogens with one attached hydrogen (secondary N) is 1. The highest BCUT2D eigenvalue weighted by Crippen LogP contribution is 2.33. The van der Waals surface area contributed by atoms with Crippen LogP contribution in [0.1, 0.15) is 271 Å². The van der Waals surface area contributed by atoms with E-state index in [0.717, 1.165) is 77.0 Å². The van der Waals surface area contributed by atoms with Crippen LogP contribution in [0.15, 0.2) is 60.8 Å². The van der Waals surface area contributed by atoms with E-state index in [1.165, 1.54) is 161 Å². The molecule has 17 atom stereocenters. The maximum atomic E-state index is 13.4. The molecule has 542 valence electrons. The first-order valence-corrected chi connectivity index (χ1v) is 37.0.